The molecule has 0 bridgehead atoms. The summed E-state index contributed by atoms with van der Waals surface area (Å²) in [4.78, 5) is 0. The summed E-state index contributed by atoms with van der Waals surface area (Å²) in [5, 5.41) is 12.6. The Hall–Kier alpha value is -0.0800. The van der Waals surface area contributed by atoms with Gasteiger partial charge in [0, 0.05) is 19.2 Å². The molecule has 0 aromatic carbocycles. The Kier molecular flexibility index (Phi) is 5.07. The zero-order valence-corrected chi connectivity index (χ0v) is 10.6. The average Bonchev–Trinajstić information content (AvgIpc) is 2.93. The topological polar surface area (TPSA) is 32.3 Å². The van der Waals surface area contributed by atoms with Gasteiger partial charge < -0.3 is 10.4 Å². The van der Waals surface area contributed by atoms with E-state index in [2.05, 4.69) is 26.1 Å². The molecule has 90 valence electrons. The van der Waals surface area contributed by atoms with Crippen molar-refractivity contribution in [3.05, 3.63) is 0 Å². The molecule has 1 saturated carbocycles. The molecule has 2 nitrogen and oxygen atoms in total. The Bertz CT molecular complexity index is 175. The lowest BCUT2D eigenvalue weighted by atomic mass is 10.0. The molecule has 2 N–H and O–H groups in total. The van der Waals surface area contributed by atoms with Gasteiger partial charge in [-0.1, -0.05) is 13.8 Å². The van der Waals surface area contributed by atoms with Gasteiger partial charge >= 0.3 is 0 Å². The van der Waals surface area contributed by atoms with E-state index in [0.717, 1.165) is 18.9 Å². The van der Waals surface area contributed by atoms with Crippen molar-refractivity contribution in [2.24, 2.45) is 11.3 Å². The van der Waals surface area contributed by atoms with Gasteiger partial charge in [-0.15, -0.1) is 0 Å². The summed E-state index contributed by atoms with van der Waals surface area (Å²) < 4.78 is 0. The minimum absolute atomic E-state index is 0.349. The van der Waals surface area contributed by atoms with Gasteiger partial charge in [-0.2, -0.15) is 0 Å². The summed E-state index contributed by atoms with van der Waals surface area (Å²) in [6.07, 6.45) is 6.17. The first-order valence-corrected chi connectivity index (χ1v) is 6.42. The first-order chi connectivity index (χ1) is 7.08. The Labute approximate surface area is 94.5 Å². The largest absolute Gasteiger partial charge is 0.396 e. The fourth-order valence-corrected chi connectivity index (χ4v) is 2.01. The molecule has 1 aliphatic carbocycles. The van der Waals surface area contributed by atoms with Crippen LogP contribution in [0.1, 0.15) is 52.9 Å². The quantitative estimate of drug-likeness (QED) is 0.649. The SMILES string of the molecule is CC(C)CCC(C)NCC1(CCO)CC1. The number of aliphatic hydroxyl groups is 1. The fourth-order valence-electron chi connectivity index (χ4n) is 2.01. The number of aliphatic hydroxyl groups excluding tert-OH is 1. The second-order valence-electron chi connectivity index (χ2n) is 5.73. The lowest BCUT2D eigenvalue weighted by molar-refractivity contribution is 0.241. The zero-order valence-electron chi connectivity index (χ0n) is 10.6. The molecule has 1 rings (SSSR count). The number of nitrogens with one attached hydrogen (secondary N) is 1. The molecular formula is C13H27NO. The highest BCUT2D eigenvalue weighted by atomic mass is 16.3. The maximum Gasteiger partial charge on any atom is 0.0436 e. The number of hydrogen-bond donors (Lipinski definition) is 2. The van der Waals surface area contributed by atoms with Crippen LogP contribution in [0, 0.1) is 11.3 Å². The first-order valence-electron chi connectivity index (χ1n) is 6.42. The summed E-state index contributed by atoms with van der Waals surface area (Å²) in [6.45, 7) is 8.29. The lowest BCUT2D eigenvalue weighted by Crippen LogP contribution is -2.32. The van der Waals surface area contributed by atoms with Crippen molar-refractivity contribution in [2.75, 3.05) is 13.2 Å². The number of hydrogen-bond acceptors (Lipinski definition) is 2. The summed E-state index contributed by atoms with van der Waals surface area (Å²) >= 11 is 0. The van der Waals surface area contributed by atoms with Gasteiger partial charge in [0.05, 0.1) is 0 Å². The molecule has 0 heterocycles. The van der Waals surface area contributed by atoms with Crippen molar-refractivity contribution in [1.29, 1.82) is 0 Å². The minimum atomic E-state index is 0.349. The van der Waals surface area contributed by atoms with Crippen molar-refractivity contribution < 1.29 is 5.11 Å². The summed E-state index contributed by atoms with van der Waals surface area (Å²) in [5.41, 5.74) is 0.459. The normalized spacial score (nSPS) is 20.6. The van der Waals surface area contributed by atoms with Crippen LogP contribution in [0.3, 0.4) is 0 Å². The predicted octanol–water partition coefficient (Wildman–Crippen LogP) is 2.56. The Morgan fingerprint density at radius 1 is 1.20 bits per heavy atom. The average molecular weight is 213 g/mol. The van der Waals surface area contributed by atoms with E-state index < -0.39 is 0 Å². The van der Waals surface area contributed by atoms with Crippen LogP contribution in [-0.4, -0.2) is 24.3 Å². The summed E-state index contributed by atoms with van der Waals surface area (Å²) in [5.74, 6) is 0.807. The molecule has 0 amide bonds. The maximum absolute atomic E-state index is 8.96. The van der Waals surface area contributed by atoms with E-state index in [1.165, 1.54) is 25.7 Å². The maximum atomic E-state index is 8.96. The van der Waals surface area contributed by atoms with E-state index in [-0.39, 0.29) is 0 Å². The van der Waals surface area contributed by atoms with Crippen molar-refractivity contribution >= 4 is 0 Å². The third-order valence-corrected chi connectivity index (χ3v) is 3.60. The molecule has 1 unspecified atom stereocenters. The van der Waals surface area contributed by atoms with Gasteiger partial charge in [-0.3, -0.25) is 0 Å². The van der Waals surface area contributed by atoms with E-state index in [9.17, 15) is 0 Å². The van der Waals surface area contributed by atoms with Crippen molar-refractivity contribution in [3.63, 3.8) is 0 Å². The monoisotopic (exact) mass is 213 g/mol. The van der Waals surface area contributed by atoms with E-state index >= 15 is 0 Å². The van der Waals surface area contributed by atoms with E-state index in [0.29, 0.717) is 18.1 Å². The predicted molar refractivity (Wildman–Crippen MR) is 64.9 cm³/mol. The molecule has 1 atom stereocenters. The zero-order chi connectivity index (χ0) is 11.3. The van der Waals surface area contributed by atoms with Gasteiger partial charge in [0.25, 0.3) is 0 Å². The van der Waals surface area contributed by atoms with Crippen molar-refractivity contribution in [1.82, 2.24) is 5.32 Å². The minimum Gasteiger partial charge on any atom is -0.396 e. The van der Waals surface area contributed by atoms with Crippen LogP contribution in [0.5, 0.6) is 0 Å². The second kappa shape index (κ2) is 5.86. The van der Waals surface area contributed by atoms with Crippen LogP contribution in [0.25, 0.3) is 0 Å². The van der Waals surface area contributed by atoms with Crippen LogP contribution in [0.2, 0.25) is 0 Å². The van der Waals surface area contributed by atoms with Gasteiger partial charge in [0.2, 0.25) is 0 Å². The third kappa shape index (κ3) is 4.98. The Morgan fingerprint density at radius 3 is 2.33 bits per heavy atom. The number of rotatable bonds is 8. The van der Waals surface area contributed by atoms with Crippen LogP contribution in [0.15, 0.2) is 0 Å². The molecule has 0 spiro atoms. The van der Waals surface area contributed by atoms with Gasteiger partial charge in [0.15, 0.2) is 0 Å². The molecule has 0 aromatic rings. The van der Waals surface area contributed by atoms with E-state index in [1.54, 1.807) is 0 Å². The molecule has 1 aliphatic rings. The first kappa shape index (κ1) is 13.0. The van der Waals surface area contributed by atoms with Crippen molar-refractivity contribution in [2.45, 2.75) is 58.9 Å². The highest BCUT2D eigenvalue weighted by Crippen LogP contribution is 2.47. The van der Waals surface area contributed by atoms with Gasteiger partial charge in [-0.05, 0) is 50.4 Å². The summed E-state index contributed by atoms with van der Waals surface area (Å²) in [6, 6.07) is 0.628. The van der Waals surface area contributed by atoms with Crippen LogP contribution in [0.4, 0.5) is 0 Å². The van der Waals surface area contributed by atoms with Gasteiger partial charge in [0.1, 0.15) is 0 Å². The van der Waals surface area contributed by atoms with Crippen LogP contribution in [-0.2, 0) is 0 Å². The highest BCUT2D eigenvalue weighted by Gasteiger charge is 2.41. The standard InChI is InChI=1S/C13H27NO/c1-11(2)4-5-12(3)14-10-13(6-7-13)8-9-15/h11-12,14-15H,4-10H2,1-3H3. The van der Waals surface area contributed by atoms with Crippen LogP contribution >= 0.6 is 0 Å². The molecule has 2 heteroatoms. The Morgan fingerprint density at radius 2 is 1.87 bits per heavy atom. The summed E-state index contributed by atoms with van der Waals surface area (Å²) in [7, 11) is 0. The highest BCUT2D eigenvalue weighted by molar-refractivity contribution is 4.94. The molecular weight excluding hydrogens is 186 g/mol. The van der Waals surface area contributed by atoms with Crippen LogP contribution < -0.4 is 5.32 Å². The van der Waals surface area contributed by atoms with E-state index in [1.807, 2.05) is 0 Å². The molecule has 0 aliphatic heterocycles. The van der Waals surface area contributed by atoms with E-state index in [4.69, 9.17) is 5.11 Å². The van der Waals surface area contributed by atoms with Gasteiger partial charge in [-0.25, -0.2) is 0 Å². The molecule has 0 aromatic heterocycles. The van der Waals surface area contributed by atoms with Crippen molar-refractivity contribution in [3.8, 4) is 0 Å². The smallest absolute Gasteiger partial charge is 0.0436 e. The second-order valence-corrected chi connectivity index (χ2v) is 5.73. The molecule has 0 radical (unpaired) electrons. The molecule has 15 heavy (non-hydrogen) atoms. The molecule has 1 fully saturated rings. The third-order valence-electron chi connectivity index (χ3n) is 3.60. The fraction of sp³-hybridized carbons (Fsp3) is 1.00. The molecule has 0 saturated heterocycles. The lowest BCUT2D eigenvalue weighted by Gasteiger charge is -2.20. The Balaban J connectivity index is 2.08.